The minimum Gasteiger partial charge on any atom is -0.396 e. The van der Waals surface area contributed by atoms with Crippen LogP contribution < -0.4 is 5.32 Å². The lowest BCUT2D eigenvalue weighted by atomic mass is 9.95. The van der Waals surface area contributed by atoms with Gasteiger partial charge in [-0.05, 0) is 32.2 Å². The largest absolute Gasteiger partial charge is 0.396 e. The lowest BCUT2D eigenvalue weighted by Gasteiger charge is -2.27. The molecule has 94 valence electrons. The Hall–Kier alpha value is -0.870. The lowest BCUT2D eigenvalue weighted by Crippen LogP contribution is -2.31. The number of nitrogens with one attached hydrogen (secondary N) is 1. The van der Waals surface area contributed by atoms with Crippen molar-refractivity contribution in [1.82, 2.24) is 14.9 Å². The molecule has 1 aromatic heterocycles. The van der Waals surface area contributed by atoms with Gasteiger partial charge in [-0.15, -0.1) is 0 Å². The van der Waals surface area contributed by atoms with Crippen LogP contribution in [0.1, 0.15) is 49.0 Å². The van der Waals surface area contributed by atoms with E-state index in [-0.39, 0.29) is 6.61 Å². The summed E-state index contributed by atoms with van der Waals surface area (Å²) in [5.74, 6) is 2.11. The summed E-state index contributed by atoms with van der Waals surface area (Å²) >= 11 is 0. The number of hydrogen-bond donors (Lipinski definition) is 2. The molecule has 2 aliphatic rings. The van der Waals surface area contributed by atoms with Gasteiger partial charge in [-0.1, -0.05) is 0 Å². The Bertz CT molecular complexity index is 382. The molecule has 2 unspecified atom stereocenters. The lowest BCUT2D eigenvalue weighted by molar-refractivity contribution is 0.239. The van der Waals surface area contributed by atoms with E-state index < -0.39 is 0 Å². The van der Waals surface area contributed by atoms with Crippen molar-refractivity contribution in [1.29, 1.82) is 0 Å². The van der Waals surface area contributed by atoms with Crippen molar-refractivity contribution in [2.24, 2.45) is 0 Å². The van der Waals surface area contributed by atoms with Crippen molar-refractivity contribution in [3.05, 3.63) is 17.7 Å². The highest BCUT2D eigenvalue weighted by molar-refractivity contribution is 5.16. The molecule has 1 fully saturated rings. The van der Waals surface area contributed by atoms with E-state index in [2.05, 4.69) is 14.9 Å². The Morgan fingerprint density at radius 1 is 1.41 bits per heavy atom. The van der Waals surface area contributed by atoms with Gasteiger partial charge in [-0.25, -0.2) is 4.98 Å². The van der Waals surface area contributed by atoms with E-state index in [9.17, 15) is 5.11 Å². The van der Waals surface area contributed by atoms with Crippen LogP contribution in [0.15, 0.2) is 6.20 Å². The highest BCUT2D eigenvalue weighted by Crippen LogP contribution is 2.31. The molecule has 3 heterocycles. The summed E-state index contributed by atoms with van der Waals surface area (Å²) in [7, 11) is 0. The number of aliphatic hydroxyl groups excluding tert-OH is 1. The maximum absolute atomic E-state index is 9.40. The van der Waals surface area contributed by atoms with Crippen LogP contribution in [0.2, 0.25) is 0 Å². The van der Waals surface area contributed by atoms with Crippen LogP contribution in [-0.2, 0) is 6.54 Å². The topological polar surface area (TPSA) is 50.1 Å². The van der Waals surface area contributed by atoms with Gasteiger partial charge in [0, 0.05) is 36.8 Å². The van der Waals surface area contributed by atoms with Crippen LogP contribution in [0.25, 0.3) is 0 Å². The zero-order valence-corrected chi connectivity index (χ0v) is 10.2. The number of fused-ring (bicyclic) bond motifs is 1. The van der Waals surface area contributed by atoms with Gasteiger partial charge in [-0.2, -0.15) is 0 Å². The number of piperidine rings is 1. The predicted molar refractivity (Wildman–Crippen MR) is 66.1 cm³/mol. The van der Waals surface area contributed by atoms with Crippen LogP contribution in [0.4, 0.5) is 0 Å². The second-order valence-electron chi connectivity index (χ2n) is 5.26. The molecule has 2 aliphatic heterocycles. The Morgan fingerprint density at radius 3 is 3.12 bits per heavy atom. The fourth-order valence-electron chi connectivity index (χ4n) is 3.20. The molecule has 17 heavy (non-hydrogen) atoms. The summed E-state index contributed by atoms with van der Waals surface area (Å²) in [5.41, 5.74) is 1.25. The van der Waals surface area contributed by atoms with Crippen molar-refractivity contribution in [3.8, 4) is 0 Å². The van der Waals surface area contributed by atoms with Crippen LogP contribution in [0.3, 0.4) is 0 Å². The molecule has 0 saturated carbocycles. The highest BCUT2D eigenvalue weighted by Gasteiger charge is 2.26. The molecule has 0 aromatic carbocycles. The molecule has 1 saturated heterocycles. The summed E-state index contributed by atoms with van der Waals surface area (Å²) in [6.45, 7) is 3.54. The van der Waals surface area contributed by atoms with Crippen LogP contribution in [0.5, 0.6) is 0 Å². The van der Waals surface area contributed by atoms with E-state index >= 15 is 0 Å². The first-order valence-corrected chi connectivity index (χ1v) is 6.77. The third kappa shape index (κ3) is 2.00. The Kier molecular flexibility index (Phi) is 3.16. The minimum atomic E-state index is 0.258. The molecule has 0 amide bonds. The fraction of sp³-hybridized carbons (Fsp3) is 0.769. The minimum absolute atomic E-state index is 0.258. The first kappa shape index (κ1) is 11.2. The van der Waals surface area contributed by atoms with Gasteiger partial charge in [0.2, 0.25) is 0 Å². The normalized spacial score (nSPS) is 29.0. The zero-order chi connectivity index (χ0) is 11.7. The quantitative estimate of drug-likeness (QED) is 0.810. The molecule has 4 nitrogen and oxygen atoms in total. The average molecular weight is 235 g/mol. The first-order valence-electron chi connectivity index (χ1n) is 6.77. The maximum Gasteiger partial charge on any atom is 0.113 e. The standard InChI is InChI=1S/C13H21N3O/c17-9-11-4-2-6-16-12(11)8-15-13(16)10-3-1-5-14-7-10/h8,10-11,14,17H,1-7,9H2. The Morgan fingerprint density at radius 2 is 2.35 bits per heavy atom. The molecule has 0 aliphatic carbocycles. The average Bonchev–Trinajstić information content (AvgIpc) is 2.83. The molecular formula is C13H21N3O. The molecule has 2 N–H and O–H groups in total. The second-order valence-corrected chi connectivity index (χ2v) is 5.26. The fourth-order valence-corrected chi connectivity index (χ4v) is 3.20. The monoisotopic (exact) mass is 235 g/mol. The Labute approximate surface area is 102 Å². The summed E-state index contributed by atoms with van der Waals surface area (Å²) < 4.78 is 2.36. The zero-order valence-electron chi connectivity index (χ0n) is 10.2. The molecule has 0 bridgehead atoms. The van der Waals surface area contributed by atoms with E-state index in [0.717, 1.165) is 26.1 Å². The van der Waals surface area contributed by atoms with Crippen molar-refractivity contribution in [2.75, 3.05) is 19.7 Å². The van der Waals surface area contributed by atoms with Crippen molar-refractivity contribution in [2.45, 2.75) is 44.1 Å². The van der Waals surface area contributed by atoms with Crippen molar-refractivity contribution < 1.29 is 5.11 Å². The first-order chi connectivity index (χ1) is 8.40. The van der Waals surface area contributed by atoms with Gasteiger partial charge in [-0.3, -0.25) is 0 Å². The van der Waals surface area contributed by atoms with E-state index in [1.165, 1.54) is 30.8 Å². The van der Waals surface area contributed by atoms with E-state index in [0.29, 0.717) is 11.8 Å². The molecule has 3 rings (SSSR count). The summed E-state index contributed by atoms with van der Waals surface area (Å²) in [6.07, 6.45) is 6.75. The van der Waals surface area contributed by atoms with Crippen LogP contribution >= 0.6 is 0 Å². The van der Waals surface area contributed by atoms with Gasteiger partial charge in [0.15, 0.2) is 0 Å². The van der Waals surface area contributed by atoms with Crippen molar-refractivity contribution in [3.63, 3.8) is 0 Å². The highest BCUT2D eigenvalue weighted by atomic mass is 16.3. The van der Waals surface area contributed by atoms with Crippen LogP contribution in [0, 0.1) is 0 Å². The van der Waals surface area contributed by atoms with Crippen molar-refractivity contribution >= 4 is 0 Å². The number of aromatic nitrogens is 2. The molecule has 2 atom stereocenters. The number of aliphatic hydroxyl groups is 1. The maximum atomic E-state index is 9.40. The summed E-state index contributed by atoms with van der Waals surface area (Å²) in [6, 6.07) is 0. The van der Waals surface area contributed by atoms with Gasteiger partial charge in [0.05, 0.1) is 6.61 Å². The molecule has 4 heteroatoms. The Balaban J connectivity index is 1.88. The van der Waals surface area contributed by atoms with E-state index in [1.807, 2.05) is 6.20 Å². The number of imidazole rings is 1. The molecule has 0 radical (unpaired) electrons. The van der Waals surface area contributed by atoms with Gasteiger partial charge >= 0.3 is 0 Å². The van der Waals surface area contributed by atoms with E-state index in [1.54, 1.807) is 0 Å². The van der Waals surface area contributed by atoms with Gasteiger partial charge < -0.3 is 15.0 Å². The van der Waals surface area contributed by atoms with Crippen LogP contribution in [-0.4, -0.2) is 34.4 Å². The molecule has 1 aromatic rings. The second kappa shape index (κ2) is 4.78. The molecule has 0 spiro atoms. The predicted octanol–water partition coefficient (Wildman–Crippen LogP) is 1.22. The van der Waals surface area contributed by atoms with Gasteiger partial charge in [0.1, 0.15) is 5.82 Å². The van der Waals surface area contributed by atoms with Gasteiger partial charge in [0.25, 0.3) is 0 Å². The summed E-state index contributed by atoms with van der Waals surface area (Å²) in [4.78, 5) is 4.63. The smallest absolute Gasteiger partial charge is 0.113 e. The third-order valence-electron chi connectivity index (χ3n) is 4.15. The summed E-state index contributed by atoms with van der Waals surface area (Å²) in [5, 5.41) is 12.9. The molecular weight excluding hydrogens is 214 g/mol. The number of hydrogen-bond acceptors (Lipinski definition) is 3. The third-order valence-corrected chi connectivity index (χ3v) is 4.15. The number of nitrogens with zero attached hydrogens (tertiary/aromatic N) is 2. The van der Waals surface area contributed by atoms with E-state index in [4.69, 9.17) is 0 Å². The SMILES string of the molecule is OCC1CCCn2c1cnc2C1CCCNC1. The number of rotatable bonds is 2.